The van der Waals surface area contributed by atoms with E-state index in [1.54, 1.807) is 6.07 Å². The van der Waals surface area contributed by atoms with Gasteiger partial charge in [0.25, 0.3) is 0 Å². The second-order valence-electron chi connectivity index (χ2n) is 7.19. The SMILES string of the molecule is COc1ccc(S(=O)(=O)N2CCCCCC2)cc1NC(=O)COCC1CC1. The molecule has 1 aliphatic heterocycles. The first-order valence-corrected chi connectivity index (χ1v) is 11.0. The summed E-state index contributed by atoms with van der Waals surface area (Å²) in [6.07, 6.45) is 6.17. The molecular weight excluding hydrogens is 368 g/mol. The Balaban J connectivity index is 1.72. The largest absolute Gasteiger partial charge is 0.495 e. The Hall–Kier alpha value is -1.64. The minimum absolute atomic E-state index is 0.0528. The Bertz CT molecular complexity index is 753. The molecule has 1 N–H and O–H groups in total. The van der Waals surface area contributed by atoms with Crippen molar-refractivity contribution >= 4 is 21.6 Å². The van der Waals surface area contributed by atoms with Crippen LogP contribution in [0.25, 0.3) is 0 Å². The summed E-state index contributed by atoms with van der Waals surface area (Å²) < 4.78 is 38.2. The summed E-state index contributed by atoms with van der Waals surface area (Å²) in [4.78, 5) is 12.3. The number of amides is 1. The average molecular weight is 397 g/mol. The quantitative estimate of drug-likeness (QED) is 0.730. The molecule has 1 amide bonds. The normalized spacial score (nSPS) is 18.7. The van der Waals surface area contributed by atoms with Crippen molar-refractivity contribution < 1.29 is 22.7 Å². The van der Waals surface area contributed by atoms with Crippen LogP contribution in [0.4, 0.5) is 5.69 Å². The van der Waals surface area contributed by atoms with Crippen LogP contribution in [0.1, 0.15) is 38.5 Å². The van der Waals surface area contributed by atoms with E-state index in [2.05, 4.69) is 5.32 Å². The van der Waals surface area contributed by atoms with E-state index in [0.717, 1.165) is 38.5 Å². The molecule has 1 saturated heterocycles. The maximum absolute atomic E-state index is 13.0. The lowest BCUT2D eigenvalue weighted by molar-refractivity contribution is -0.120. The van der Waals surface area contributed by atoms with Gasteiger partial charge in [-0.25, -0.2) is 8.42 Å². The fourth-order valence-electron chi connectivity index (χ4n) is 3.17. The molecule has 1 aromatic rings. The van der Waals surface area contributed by atoms with Gasteiger partial charge < -0.3 is 14.8 Å². The Morgan fingerprint density at radius 3 is 2.52 bits per heavy atom. The molecule has 0 spiro atoms. The second kappa shape index (κ2) is 9.03. The van der Waals surface area contributed by atoms with E-state index in [0.29, 0.717) is 37.1 Å². The van der Waals surface area contributed by atoms with E-state index < -0.39 is 10.0 Å². The number of carbonyl (C=O) groups excluding carboxylic acids is 1. The van der Waals surface area contributed by atoms with Crippen molar-refractivity contribution in [2.45, 2.75) is 43.4 Å². The number of carbonyl (C=O) groups is 1. The predicted molar refractivity (Wildman–Crippen MR) is 102 cm³/mol. The molecule has 2 aliphatic rings. The summed E-state index contributed by atoms with van der Waals surface area (Å²) in [5.74, 6) is 0.674. The number of sulfonamides is 1. The van der Waals surface area contributed by atoms with Crippen LogP contribution in [0.2, 0.25) is 0 Å². The highest BCUT2D eigenvalue weighted by Crippen LogP contribution is 2.30. The molecule has 0 unspecified atom stereocenters. The monoisotopic (exact) mass is 396 g/mol. The fourth-order valence-corrected chi connectivity index (χ4v) is 4.71. The van der Waals surface area contributed by atoms with Crippen molar-refractivity contribution in [2.75, 3.05) is 38.7 Å². The van der Waals surface area contributed by atoms with Gasteiger partial charge in [-0.05, 0) is 49.8 Å². The number of benzene rings is 1. The van der Waals surface area contributed by atoms with E-state index in [1.807, 2.05) is 0 Å². The van der Waals surface area contributed by atoms with Gasteiger partial charge in [0.15, 0.2) is 0 Å². The van der Waals surface area contributed by atoms with Crippen molar-refractivity contribution in [1.29, 1.82) is 0 Å². The van der Waals surface area contributed by atoms with E-state index in [-0.39, 0.29) is 17.4 Å². The zero-order valence-corrected chi connectivity index (χ0v) is 16.6. The van der Waals surface area contributed by atoms with Gasteiger partial charge in [-0.3, -0.25) is 4.79 Å². The van der Waals surface area contributed by atoms with Gasteiger partial charge in [0.2, 0.25) is 15.9 Å². The van der Waals surface area contributed by atoms with Gasteiger partial charge in [0.05, 0.1) is 24.3 Å². The smallest absolute Gasteiger partial charge is 0.250 e. The van der Waals surface area contributed by atoms with Crippen LogP contribution >= 0.6 is 0 Å². The van der Waals surface area contributed by atoms with Crippen molar-refractivity contribution in [1.82, 2.24) is 4.31 Å². The maximum Gasteiger partial charge on any atom is 0.250 e. The molecule has 0 atom stereocenters. The first-order chi connectivity index (χ1) is 13.0. The van der Waals surface area contributed by atoms with Crippen LogP contribution in [0.3, 0.4) is 0 Å². The number of ether oxygens (including phenoxy) is 2. The van der Waals surface area contributed by atoms with Crippen molar-refractivity contribution in [3.8, 4) is 5.75 Å². The average Bonchev–Trinajstić information content (AvgIpc) is 3.48. The highest BCUT2D eigenvalue weighted by atomic mass is 32.2. The van der Waals surface area contributed by atoms with Gasteiger partial charge >= 0.3 is 0 Å². The van der Waals surface area contributed by atoms with Crippen molar-refractivity contribution in [3.63, 3.8) is 0 Å². The molecular formula is C19H28N2O5S. The Kier molecular flexibility index (Phi) is 6.73. The summed E-state index contributed by atoms with van der Waals surface area (Å²) in [6.45, 7) is 1.60. The maximum atomic E-state index is 13.0. The highest BCUT2D eigenvalue weighted by molar-refractivity contribution is 7.89. The highest BCUT2D eigenvalue weighted by Gasteiger charge is 2.26. The third-order valence-corrected chi connectivity index (χ3v) is 6.83. The number of hydrogen-bond donors (Lipinski definition) is 1. The number of methoxy groups -OCH3 is 1. The van der Waals surface area contributed by atoms with Gasteiger partial charge in [0.1, 0.15) is 12.4 Å². The van der Waals surface area contributed by atoms with E-state index in [1.165, 1.54) is 23.5 Å². The zero-order valence-electron chi connectivity index (χ0n) is 15.8. The van der Waals surface area contributed by atoms with Crippen LogP contribution in [-0.2, 0) is 19.6 Å². The van der Waals surface area contributed by atoms with Crippen molar-refractivity contribution in [2.24, 2.45) is 5.92 Å². The standard InChI is InChI=1S/C19H28N2O5S/c1-25-18-9-8-16(27(23,24)21-10-4-2-3-5-11-21)12-17(18)20-19(22)14-26-13-15-6-7-15/h8-9,12,15H,2-7,10-11,13-14H2,1H3,(H,20,22). The number of nitrogens with one attached hydrogen (secondary N) is 1. The number of hydrogen-bond acceptors (Lipinski definition) is 5. The molecule has 1 saturated carbocycles. The van der Waals surface area contributed by atoms with Crippen LogP contribution in [0, 0.1) is 5.92 Å². The molecule has 0 radical (unpaired) electrons. The first kappa shape index (κ1) is 20.1. The molecule has 2 fully saturated rings. The summed E-state index contributed by atoms with van der Waals surface area (Å²) in [7, 11) is -2.11. The number of anilines is 1. The molecule has 27 heavy (non-hydrogen) atoms. The lowest BCUT2D eigenvalue weighted by Gasteiger charge is -2.21. The molecule has 1 heterocycles. The van der Waals surface area contributed by atoms with Crippen LogP contribution in [0.5, 0.6) is 5.75 Å². The minimum atomic E-state index is -3.59. The Labute approximate surface area is 161 Å². The Morgan fingerprint density at radius 2 is 1.89 bits per heavy atom. The molecule has 7 nitrogen and oxygen atoms in total. The number of nitrogens with zero attached hydrogens (tertiary/aromatic N) is 1. The van der Waals surface area contributed by atoms with Crippen LogP contribution < -0.4 is 10.1 Å². The molecule has 0 aromatic heterocycles. The predicted octanol–water partition coefficient (Wildman–Crippen LogP) is 2.63. The molecule has 150 valence electrons. The molecule has 1 aliphatic carbocycles. The molecule has 1 aromatic carbocycles. The van der Waals surface area contributed by atoms with Gasteiger partial charge in [-0.2, -0.15) is 4.31 Å². The molecule has 0 bridgehead atoms. The van der Waals surface area contributed by atoms with Gasteiger partial charge in [-0.1, -0.05) is 12.8 Å². The van der Waals surface area contributed by atoms with Gasteiger partial charge in [0, 0.05) is 13.1 Å². The third-order valence-electron chi connectivity index (χ3n) is 4.93. The lowest BCUT2D eigenvalue weighted by Crippen LogP contribution is -2.32. The summed E-state index contributed by atoms with van der Waals surface area (Å²) in [6, 6.07) is 4.57. The first-order valence-electron chi connectivity index (χ1n) is 9.56. The lowest BCUT2D eigenvalue weighted by atomic mass is 10.2. The second-order valence-corrected chi connectivity index (χ2v) is 9.13. The molecule has 3 rings (SSSR count). The van der Waals surface area contributed by atoms with Crippen LogP contribution in [-0.4, -0.2) is 52.0 Å². The third kappa shape index (κ3) is 5.43. The topological polar surface area (TPSA) is 84.9 Å². The van der Waals surface area contributed by atoms with E-state index >= 15 is 0 Å². The summed E-state index contributed by atoms with van der Waals surface area (Å²) in [5, 5.41) is 2.71. The number of rotatable bonds is 8. The molecule has 8 heteroatoms. The fraction of sp³-hybridized carbons (Fsp3) is 0.632. The Morgan fingerprint density at radius 1 is 1.19 bits per heavy atom. The van der Waals surface area contributed by atoms with Gasteiger partial charge in [-0.15, -0.1) is 0 Å². The summed E-state index contributed by atoms with van der Waals surface area (Å²) in [5.41, 5.74) is 0.341. The minimum Gasteiger partial charge on any atom is -0.495 e. The summed E-state index contributed by atoms with van der Waals surface area (Å²) >= 11 is 0. The van der Waals surface area contributed by atoms with E-state index in [9.17, 15) is 13.2 Å². The van der Waals surface area contributed by atoms with E-state index in [4.69, 9.17) is 9.47 Å². The zero-order chi connectivity index (χ0) is 19.3. The van der Waals surface area contributed by atoms with Crippen LogP contribution in [0.15, 0.2) is 23.1 Å². The van der Waals surface area contributed by atoms with Crippen molar-refractivity contribution in [3.05, 3.63) is 18.2 Å².